The molecule has 29 heavy (non-hydrogen) atoms. The fourth-order valence-electron chi connectivity index (χ4n) is 2.62. The van der Waals surface area contributed by atoms with Crippen LogP contribution in [0.2, 0.25) is 0 Å². The highest BCUT2D eigenvalue weighted by Gasteiger charge is 2.30. The normalized spacial score (nSPS) is 12.4. The lowest BCUT2D eigenvalue weighted by atomic mass is 10.1. The van der Waals surface area contributed by atoms with E-state index in [2.05, 4.69) is 15.9 Å². The smallest absolute Gasteiger partial charge is 0.416 e. The zero-order valence-corrected chi connectivity index (χ0v) is 15.0. The zero-order chi connectivity index (χ0) is 20.9. The van der Waals surface area contributed by atoms with E-state index in [0.717, 1.165) is 17.7 Å². The SMILES string of the molecule is O=C([N-]c1c[n+]([C@H](CO)Cc2ccccc2)no1)Nc1cccc(C(F)(F)F)c1. The summed E-state index contributed by atoms with van der Waals surface area (Å²) in [5, 5.41) is 19.2. The number of carbonyl (C=O) groups excluding carboxylic acids is 1. The lowest BCUT2D eigenvalue weighted by Crippen LogP contribution is -2.43. The van der Waals surface area contributed by atoms with Gasteiger partial charge in [0.05, 0.1) is 5.56 Å². The summed E-state index contributed by atoms with van der Waals surface area (Å²) in [6.07, 6.45) is -2.72. The summed E-state index contributed by atoms with van der Waals surface area (Å²) in [4.78, 5) is 12.0. The third-order valence-corrected chi connectivity index (χ3v) is 4.02. The first-order valence-electron chi connectivity index (χ1n) is 8.58. The lowest BCUT2D eigenvalue weighted by Gasteiger charge is -2.15. The number of benzene rings is 2. The number of nitrogens with zero attached hydrogens (tertiary/aromatic N) is 3. The van der Waals surface area contributed by atoms with Gasteiger partial charge in [-0.15, -0.1) is 0 Å². The number of aromatic nitrogens is 2. The summed E-state index contributed by atoms with van der Waals surface area (Å²) >= 11 is 0. The van der Waals surface area contributed by atoms with Crippen molar-refractivity contribution >= 4 is 17.6 Å². The van der Waals surface area contributed by atoms with Crippen LogP contribution in [0, 0.1) is 0 Å². The van der Waals surface area contributed by atoms with Gasteiger partial charge in [-0.25, -0.2) is 0 Å². The van der Waals surface area contributed by atoms with Gasteiger partial charge >= 0.3 is 6.18 Å². The summed E-state index contributed by atoms with van der Waals surface area (Å²) in [6, 6.07) is 12.2. The Bertz CT molecular complexity index is 961. The lowest BCUT2D eigenvalue weighted by molar-refractivity contribution is -0.786. The molecule has 0 aliphatic carbocycles. The van der Waals surface area contributed by atoms with Crippen molar-refractivity contribution in [3.63, 3.8) is 0 Å². The van der Waals surface area contributed by atoms with Crippen LogP contribution in [0.4, 0.5) is 29.5 Å². The van der Waals surface area contributed by atoms with Crippen LogP contribution in [0.15, 0.2) is 65.3 Å². The Morgan fingerprint density at radius 3 is 2.66 bits per heavy atom. The number of alkyl halides is 3. The van der Waals surface area contributed by atoms with Crippen LogP contribution < -0.4 is 10.00 Å². The molecule has 0 aliphatic heterocycles. The first-order chi connectivity index (χ1) is 13.8. The number of rotatable bonds is 6. The Morgan fingerprint density at radius 1 is 1.21 bits per heavy atom. The molecule has 0 saturated carbocycles. The molecule has 2 aromatic carbocycles. The van der Waals surface area contributed by atoms with E-state index < -0.39 is 23.8 Å². The molecule has 1 heterocycles. The monoisotopic (exact) mass is 406 g/mol. The van der Waals surface area contributed by atoms with E-state index in [1.54, 1.807) is 0 Å². The molecule has 0 saturated heterocycles. The zero-order valence-electron chi connectivity index (χ0n) is 15.0. The molecule has 0 spiro atoms. The number of anilines is 1. The summed E-state index contributed by atoms with van der Waals surface area (Å²) in [5.41, 5.74) is 0.0283. The minimum Gasteiger partial charge on any atom is -0.424 e. The van der Waals surface area contributed by atoms with Crippen LogP contribution >= 0.6 is 0 Å². The minimum atomic E-state index is -4.52. The molecule has 3 aromatic rings. The van der Waals surface area contributed by atoms with E-state index >= 15 is 0 Å². The van der Waals surface area contributed by atoms with Gasteiger partial charge in [0.1, 0.15) is 6.61 Å². The van der Waals surface area contributed by atoms with Gasteiger partial charge in [-0.1, -0.05) is 48.5 Å². The van der Waals surface area contributed by atoms with Gasteiger partial charge in [-0.05, 0) is 22.0 Å². The van der Waals surface area contributed by atoms with Gasteiger partial charge in [0, 0.05) is 6.42 Å². The standard InChI is InChI=1S/C19H17F3N4O3/c20-19(21,22)14-7-4-8-15(10-14)23-18(28)24-17-11-26(25-29-17)16(12-27)9-13-5-2-1-3-6-13/h1-8,10-11,16,27H,9,12H2,(H-,23,24,25,28)/t16-/m0/s1. The molecular weight excluding hydrogens is 389 g/mol. The van der Waals surface area contributed by atoms with Crippen LogP contribution in [0.1, 0.15) is 17.2 Å². The number of hydrogen-bond acceptors (Lipinski definition) is 4. The molecule has 0 aliphatic rings. The second kappa shape index (κ2) is 8.74. The van der Waals surface area contributed by atoms with Crippen molar-refractivity contribution in [3.05, 3.63) is 77.2 Å². The van der Waals surface area contributed by atoms with Crippen molar-refractivity contribution in [2.75, 3.05) is 11.9 Å². The highest BCUT2D eigenvalue weighted by molar-refractivity contribution is 6.03. The molecule has 152 valence electrons. The van der Waals surface area contributed by atoms with Crippen molar-refractivity contribution in [1.82, 2.24) is 5.27 Å². The Balaban J connectivity index is 1.63. The van der Waals surface area contributed by atoms with Crippen LogP contribution in [0.25, 0.3) is 5.32 Å². The second-order valence-corrected chi connectivity index (χ2v) is 6.17. The Labute approximate surface area is 163 Å². The third kappa shape index (κ3) is 5.55. The molecule has 0 radical (unpaired) electrons. The van der Waals surface area contributed by atoms with E-state index in [-0.39, 0.29) is 18.2 Å². The predicted molar refractivity (Wildman–Crippen MR) is 96.4 cm³/mol. The molecular formula is C19H17F3N4O3. The number of carbonyl (C=O) groups is 1. The van der Waals surface area contributed by atoms with Crippen molar-refractivity contribution in [3.8, 4) is 0 Å². The summed E-state index contributed by atoms with van der Waals surface area (Å²) in [6.45, 7) is -0.220. The topological polar surface area (TPSA) is 93.3 Å². The number of aliphatic hydroxyl groups is 1. The fourth-order valence-corrected chi connectivity index (χ4v) is 2.62. The molecule has 7 nitrogen and oxygen atoms in total. The maximum Gasteiger partial charge on any atom is 0.416 e. The fraction of sp³-hybridized carbons (Fsp3) is 0.211. The van der Waals surface area contributed by atoms with Crippen molar-refractivity contribution < 1.29 is 32.3 Å². The number of aliphatic hydroxyl groups excluding tert-OH is 1. The van der Waals surface area contributed by atoms with Gasteiger partial charge < -0.3 is 20.3 Å². The largest absolute Gasteiger partial charge is 0.424 e. The van der Waals surface area contributed by atoms with Crippen LogP contribution in [0.5, 0.6) is 0 Å². The first-order valence-corrected chi connectivity index (χ1v) is 8.58. The Morgan fingerprint density at radius 2 is 1.97 bits per heavy atom. The van der Waals surface area contributed by atoms with Gasteiger partial charge in [0.25, 0.3) is 0 Å². The third-order valence-electron chi connectivity index (χ3n) is 4.02. The number of halogens is 3. The molecule has 10 heteroatoms. The molecule has 0 fully saturated rings. The minimum absolute atomic E-state index is 0.0571. The van der Waals surface area contributed by atoms with Crippen LogP contribution in [0.3, 0.4) is 0 Å². The summed E-state index contributed by atoms with van der Waals surface area (Å²) in [5.74, 6) is -0.152. The number of urea groups is 1. The molecule has 0 unspecified atom stereocenters. The molecule has 2 amide bonds. The van der Waals surface area contributed by atoms with E-state index in [1.165, 1.54) is 23.0 Å². The van der Waals surface area contributed by atoms with E-state index in [1.807, 2.05) is 30.3 Å². The highest BCUT2D eigenvalue weighted by Crippen LogP contribution is 2.31. The van der Waals surface area contributed by atoms with Gasteiger partial charge in [-0.3, -0.25) is 4.79 Å². The van der Waals surface area contributed by atoms with E-state index in [4.69, 9.17) is 4.52 Å². The number of amides is 2. The van der Waals surface area contributed by atoms with Gasteiger partial charge in [0.2, 0.25) is 18.1 Å². The van der Waals surface area contributed by atoms with E-state index in [9.17, 15) is 23.1 Å². The first kappa shape index (κ1) is 20.3. The molecule has 3 rings (SSSR count). The second-order valence-electron chi connectivity index (χ2n) is 6.17. The molecule has 1 atom stereocenters. The van der Waals surface area contributed by atoms with Crippen LogP contribution in [-0.2, 0) is 12.6 Å². The average molecular weight is 406 g/mol. The predicted octanol–water partition coefficient (Wildman–Crippen LogP) is 3.99. The number of hydrogen-bond donors (Lipinski definition) is 2. The molecule has 0 bridgehead atoms. The maximum atomic E-state index is 12.7. The van der Waals surface area contributed by atoms with Crippen molar-refractivity contribution in [2.45, 2.75) is 18.6 Å². The highest BCUT2D eigenvalue weighted by atomic mass is 19.4. The number of nitrogens with one attached hydrogen (secondary N) is 1. The van der Waals surface area contributed by atoms with Crippen molar-refractivity contribution in [1.29, 1.82) is 0 Å². The van der Waals surface area contributed by atoms with Gasteiger partial charge in [0.15, 0.2) is 11.3 Å². The van der Waals surface area contributed by atoms with Crippen molar-refractivity contribution in [2.24, 2.45) is 0 Å². The molecule has 2 N–H and O–H groups in total. The average Bonchev–Trinajstić information content (AvgIpc) is 3.14. The van der Waals surface area contributed by atoms with E-state index in [0.29, 0.717) is 6.42 Å². The summed E-state index contributed by atoms with van der Waals surface area (Å²) in [7, 11) is 0. The van der Waals surface area contributed by atoms with Crippen LogP contribution in [-0.4, -0.2) is 23.0 Å². The Kier molecular flexibility index (Phi) is 6.13. The van der Waals surface area contributed by atoms with Gasteiger partial charge in [-0.2, -0.15) is 13.2 Å². The summed E-state index contributed by atoms with van der Waals surface area (Å²) < 4.78 is 44.5. The maximum absolute atomic E-state index is 12.7. The Hall–Kier alpha value is -3.40. The quantitative estimate of drug-likeness (QED) is 0.606. The molecule has 1 aromatic heterocycles.